The highest BCUT2D eigenvalue weighted by Gasteiger charge is 2.23. The minimum Gasteiger partial charge on any atom is -0.479 e. The van der Waals surface area contributed by atoms with Crippen LogP contribution >= 0.6 is 34.5 Å². The third-order valence-electron chi connectivity index (χ3n) is 4.96. The maximum atomic E-state index is 12.5. The lowest BCUT2D eigenvalue weighted by Crippen LogP contribution is -2.30. The SMILES string of the molecule is CC(=O)N1CCc2ccc(-c3csc(NC(=O)C(C)Oc4ccc(Cl)cc4Cl)n3)cc21. The molecule has 3 aromatic rings. The predicted molar refractivity (Wildman–Crippen MR) is 124 cm³/mol. The Balaban J connectivity index is 1.45. The van der Waals surface area contributed by atoms with E-state index in [1.165, 1.54) is 11.3 Å². The van der Waals surface area contributed by atoms with Crippen molar-refractivity contribution in [3.8, 4) is 17.0 Å². The highest BCUT2D eigenvalue weighted by Crippen LogP contribution is 2.34. The van der Waals surface area contributed by atoms with Crippen molar-refractivity contribution >= 4 is 57.2 Å². The summed E-state index contributed by atoms with van der Waals surface area (Å²) < 4.78 is 5.65. The van der Waals surface area contributed by atoms with E-state index in [2.05, 4.69) is 10.3 Å². The minimum atomic E-state index is -0.782. The molecule has 1 atom stereocenters. The van der Waals surface area contributed by atoms with E-state index in [1.54, 1.807) is 36.9 Å². The highest BCUT2D eigenvalue weighted by atomic mass is 35.5. The van der Waals surface area contributed by atoms with Crippen LogP contribution in [0.2, 0.25) is 10.0 Å². The molecule has 0 saturated heterocycles. The van der Waals surface area contributed by atoms with E-state index in [-0.39, 0.29) is 11.8 Å². The molecule has 1 aliphatic rings. The third kappa shape index (κ3) is 4.69. The zero-order chi connectivity index (χ0) is 22.1. The Morgan fingerprint density at radius 1 is 1.23 bits per heavy atom. The second-order valence-corrected chi connectivity index (χ2v) is 8.83. The summed E-state index contributed by atoms with van der Waals surface area (Å²) in [7, 11) is 0. The van der Waals surface area contributed by atoms with Gasteiger partial charge in [0.05, 0.1) is 10.7 Å². The van der Waals surface area contributed by atoms with Gasteiger partial charge in [-0.3, -0.25) is 14.9 Å². The fourth-order valence-electron chi connectivity index (χ4n) is 3.35. The molecule has 9 heteroatoms. The summed E-state index contributed by atoms with van der Waals surface area (Å²) in [6.07, 6.45) is 0.0680. The summed E-state index contributed by atoms with van der Waals surface area (Å²) in [5.74, 6) is 0.0576. The van der Waals surface area contributed by atoms with Gasteiger partial charge in [-0.25, -0.2) is 4.98 Å². The summed E-state index contributed by atoms with van der Waals surface area (Å²) in [6, 6.07) is 10.8. The lowest BCUT2D eigenvalue weighted by Gasteiger charge is -2.15. The molecule has 0 fully saturated rings. The number of nitrogens with zero attached hydrogens (tertiary/aromatic N) is 2. The average molecular weight is 476 g/mol. The van der Waals surface area contributed by atoms with Gasteiger partial charge in [-0.15, -0.1) is 11.3 Å². The number of hydrogen-bond acceptors (Lipinski definition) is 5. The number of carbonyl (C=O) groups excluding carboxylic acids is 2. The van der Waals surface area contributed by atoms with E-state index in [4.69, 9.17) is 27.9 Å². The minimum absolute atomic E-state index is 0.0249. The summed E-state index contributed by atoms with van der Waals surface area (Å²) >= 11 is 13.3. The fraction of sp³-hybridized carbons (Fsp3) is 0.227. The zero-order valence-electron chi connectivity index (χ0n) is 16.8. The Kier molecular flexibility index (Phi) is 6.18. The van der Waals surface area contributed by atoms with Gasteiger partial charge >= 0.3 is 0 Å². The third-order valence-corrected chi connectivity index (χ3v) is 6.25. The Bertz CT molecular complexity index is 1160. The number of rotatable bonds is 5. The zero-order valence-corrected chi connectivity index (χ0v) is 19.1. The molecule has 0 radical (unpaired) electrons. The van der Waals surface area contributed by atoms with Gasteiger partial charge in [0.2, 0.25) is 5.91 Å². The number of fused-ring (bicyclic) bond motifs is 1. The topological polar surface area (TPSA) is 71.5 Å². The maximum absolute atomic E-state index is 12.5. The van der Waals surface area contributed by atoms with Crippen molar-refractivity contribution in [2.24, 2.45) is 0 Å². The molecular weight excluding hydrogens is 457 g/mol. The number of aromatic nitrogens is 1. The van der Waals surface area contributed by atoms with Gasteiger partial charge in [0.1, 0.15) is 5.75 Å². The molecule has 31 heavy (non-hydrogen) atoms. The van der Waals surface area contributed by atoms with Crippen LogP contribution in [0.1, 0.15) is 19.4 Å². The van der Waals surface area contributed by atoms with Gasteiger partial charge in [0.25, 0.3) is 5.91 Å². The van der Waals surface area contributed by atoms with Crippen LogP contribution in [0.4, 0.5) is 10.8 Å². The van der Waals surface area contributed by atoms with Crippen molar-refractivity contribution in [2.75, 3.05) is 16.8 Å². The molecule has 4 rings (SSSR count). The van der Waals surface area contributed by atoms with E-state index in [0.29, 0.717) is 27.5 Å². The Hall–Kier alpha value is -2.61. The molecule has 2 aromatic carbocycles. The van der Waals surface area contributed by atoms with Crippen molar-refractivity contribution in [1.82, 2.24) is 4.98 Å². The second-order valence-electron chi connectivity index (χ2n) is 7.13. The molecule has 1 aliphatic heterocycles. The van der Waals surface area contributed by atoms with Gasteiger partial charge in [-0.05, 0) is 43.2 Å². The van der Waals surface area contributed by atoms with Crippen LogP contribution in [-0.2, 0) is 16.0 Å². The number of amides is 2. The first-order valence-electron chi connectivity index (χ1n) is 9.61. The average Bonchev–Trinajstić information content (AvgIpc) is 3.36. The highest BCUT2D eigenvalue weighted by molar-refractivity contribution is 7.14. The Morgan fingerprint density at radius 3 is 2.77 bits per heavy atom. The molecule has 2 heterocycles. The van der Waals surface area contributed by atoms with Crippen molar-refractivity contribution in [3.63, 3.8) is 0 Å². The number of anilines is 2. The molecule has 1 aromatic heterocycles. The number of thiazole rings is 1. The van der Waals surface area contributed by atoms with Crippen LogP contribution < -0.4 is 15.0 Å². The molecule has 0 aliphatic carbocycles. The lowest BCUT2D eigenvalue weighted by atomic mass is 10.1. The van der Waals surface area contributed by atoms with Crippen LogP contribution in [0, 0.1) is 0 Å². The van der Waals surface area contributed by atoms with Crippen LogP contribution in [0.5, 0.6) is 5.75 Å². The van der Waals surface area contributed by atoms with Gasteiger partial charge in [0.15, 0.2) is 11.2 Å². The van der Waals surface area contributed by atoms with Crippen molar-refractivity contribution in [1.29, 1.82) is 0 Å². The monoisotopic (exact) mass is 475 g/mol. The van der Waals surface area contributed by atoms with E-state index in [1.807, 2.05) is 23.6 Å². The quantitative estimate of drug-likeness (QED) is 0.533. The van der Waals surface area contributed by atoms with Crippen molar-refractivity contribution in [3.05, 3.63) is 57.4 Å². The predicted octanol–water partition coefficient (Wildman–Crippen LogP) is 5.43. The summed E-state index contributed by atoms with van der Waals surface area (Å²) in [4.78, 5) is 30.7. The number of nitrogens with one attached hydrogen (secondary N) is 1. The van der Waals surface area contributed by atoms with E-state index in [9.17, 15) is 9.59 Å². The lowest BCUT2D eigenvalue weighted by molar-refractivity contribution is -0.122. The maximum Gasteiger partial charge on any atom is 0.266 e. The van der Waals surface area contributed by atoms with Crippen LogP contribution in [0.15, 0.2) is 41.8 Å². The summed E-state index contributed by atoms with van der Waals surface area (Å²) in [5.41, 5.74) is 3.69. The van der Waals surface area contributed by atoms with Gasteiger partial charge in [0, 0.05) is 35.1 Å². The molecule has 0 bridgehead atoms. The smallest absolute Gasteiger partial charge is 0.266 e. The number of halogens is 2. The molecule has 160 valence electrons. The van der Waals surface area contributed by atoms with Gasteiger partial charge < -0.3 is 9.64 Å². The molecule has 1 N–H and O–H groups in total. The molecule has 1 unspecified atom stereocenters. The first-order chi connectivity index (χ1) is 14.8. The van der Waals surface area contributed by atoms with E-state index >= 15 is 0 Å². The first kappa shape index (κ1) is 21.6. The van der Waals surface area contributed by atoms with Gasteiger partial charge in [-0.1, -0.05) is 35.3 Å². The van der Waals surface area contributed by atoms with Crippen LogP contribution in [0.25, 0.3) is 11.3 Å². The fourth-order valence-corrected chi connectivity index (χ4v) is 4.53. The van der Waals surface area contributed by atoms with Crippen LogP contribution in [-0.4, -0.2) is 29.4 Å². The molecule has 6 nitrogen and oxygen atoms in total. The Labute approximate surface area is 193 Å². The molecule has 0 spiro atoms. The summed E-state index contributed by atoms with van der Waals surface area (Å²) in [6.45, 7) is 3.90. The van der Waals surface area contributed by atoms with E-state index < -0.39 is 6.10 Å². The molecular formula is C22H19Cl2N3O3S. The Morgan fingerprint density at radius 2 is 2.03 bits per heavy atom. The standard InChI is InChI=1S/C22H19Cl2N3O3S/c1-12(30-20-6-5-16(23)10-17(20)24)21(29)26-22-25-18(11-31-22)15-4-3-14-7-8-27(13(2)28)19(14)9-15/h3-6,9-12H,7-8H2,1-2H3,(H,25,26,29). The molecule has 0 saturated carbocycles. The van der Waals surface area contributed by atoms with Crippen LogP contribution in [0.3, 0.4) is 0 Å². The van der Waals surface area contributed by atoms with E-state index in [0.717, 1.165) is 28.9 Å². The number of hydrogen-bond donors (Lipinski definition) is 1. The normalized spacial score (nSPS) is 13.6. The van der Waals surface area contributed by atoms with Crippen molar-refractivity contribution in [2.45, 2.75) is 26.4 Å². The largest absolute Gasteiger partial charge is 0.479 e. The van der Waals surface area contributed by atoms with Gasteiger partial charge in [-0.2, -0.15) is 0 Å². The van der Waals surface area contributed by atoms with Crippen molar-refractivity contribution < 1.29 is 14.3 Å². The number of ether oxygens (including phenoxy) is 1. The second kappa shape index (κ2) is 8.86. The number of benzene rings is 2. The first-order valence-corrected chi connectivity index (χ1v) is 11.2. The number of carbonyl (C=O) groups is 2. The molecule has 2 amide bonds. The summed E-state index contributed by atoms with van der Waals surface area (Å²) in [5, 5.41) is 5.92.